The van der Waals surface area contributed by atoms with Crippen LogP contribution in [-0.4, -0.2) is 44.4 Å². The highest BCUT2D eigenvalue weighted by molar-refractivity contribution is 7.99. The van der Waals surface area contributed by atoms with E-state index in [0.717, 1.165) is 5.56 Å². The minimum absolute atomic E-state index is 0.0677. The predicted molar refractivity (Wildman–Crippen MR) is 104 cm³/mol. The lowest BCUT2D eigenvalue weighted by Crippen LogP contribution is -2.16. The molecule has 28 heavy (non-hydrogen) atoms. The van der Waals surface area contributed by atoms with Gasteiger partial charge in [0.05, 0.1) is 18.0 Å². The standard InChI is InChI=1S/C17H16FN5O3S2/c1-3-26-16(25)15-12(8-13(28-15)10-4-6-11(18)7-5-10)19-14(24)9-27-17-20-21-22-23(17)2/h4-8H,3,9H2,1-2H3,(H,19,24). The van der Waals surface area contributed by atoms with E-state index in [9.17, 15) is 14.0 Å². The molecule has 0 unspecified atom stereocenters. The summed E-state index contributed by atoms with van der Waals surface area (Å²) in [5.41, 5.74) is 1.08. The molecule has 2 heterocycles. The van der Waals surface area contributed by atoms with Crippen LogP contribution in [0.4, 0.5) is 10.1 Å². The third-order valence-electron chi connectivity index (χ3n) is 3.51. The number of amides is 1. The molecular weight excluding hydrogens is 405 g/mol. The van der Waals surface area contributed by atoms with Gasteiger partial charge in [-0.25, -0.2) is 13.9 Å². The maximum absolute atomic E-state index is 13.2. The van der Waals surface area contributed by atoms with Gasteiger partial charge in [-0.3, -0.25) is 4.79 Å². The van der Waals surface area contributed by atoms with Crippen LogP contribution < -0.4 is 5.32 Å². The number of nitrogens with one attached hydrogen (secondary N) is 1. The van der Waals surface area contributed by atoms with Crippen molar-refractivity contribution in [2.24, 2.45) is 7.05 Å². The second kappa shape index (κ2) is 8.93. The molecule has 0 aliphatic rings. The number of esters is 1. The third kappa shape index (κ3) is 4.73. The van der Waals surface area contributed by atoms with Crippen molar-refractivity contribution in [1.82, 2.24) is 20.2 Å². The minimum Gasteiger partial charge on any atom is -0.462 e. The molecule has 1 amide bonds. The first-order chi connectivity index (χ1) is 13.5. The van der Waals surface area contributed by atoms with Gasteiger partial charge in [0, 0.05) is 11.9 Å². The van der Waals surface area contributed by atoms with E-state index in [-0.39, 0.29) is 29.0 Å². The number of carbonyl (C=O) groups excluding carboxylic acids is 2. The van der Waals surface area contributed by atoms with Gasteiger partial charge in [0.2, 0.25) is 11.1 Å². The van der Waals surface area contributed by atoms with E-state index in [2.05, 4.69) is 20.8 Å². The topological polar surface area (TPSA) is 99.0 Å². The van der Waals surface area contributed by atoms with Gasteiger partial charge in [-0.2, -0.15) is 0 Å². The number of hydrogen-bond donors (Lipinski definition) is 1. The Morgan fingerprint density at radius 1 is 1.32 bits per heavy atom. The highest BCUT2D eigenvalue weighted by Gasteiger charge is 2.20. The number of thioether (sulfide) groups is 1. The number of carbonyl (C=O) groups is 2. The molecule has 0 fully saturated rings. The Hall–Kier alpha value is -2.79. The lowest BCUT2D eigenvalue weighted by molar-refractivity contribution is -0.113. The molecular formula is C17H16FN5O3S2. The van der Waals surface area contributed by atoms with Crippen molar-refractivity contribution in [3.05, 3.63) is 41.0 Å². The van der Waals surface area contributed by atoms with Crippen LogP contribution in [0.25, 0.3) is 10.4 Å². The Bertz CT molecular complexity index is 987. The summed E-state index contributed by atoms with van der Waals surface area (Å²) in [6.45, 7) is 1.92. The first-order valence-electron chi connectivity index (χ1n) is 8.19. The summed E-state index contributed by atoms with van der Waals surface area (Å²) in [6, 6.07) is 7.57. The molecule has 0 aliphatic carbocycles. The van der Waals surface area contributed by atoms with E-state index in [1.54, 1.807) is 32.2 Å². The van der Waals surface area contributed by atoms with Gasteiger partial charge in [0.25, 0.3) is 0 Å². The summed E-state index contributed by atoms with van der Waals surface area (Å²) < 4.78 is 19.7. The first-order valence-corrected chi connectivity index (χ1v) is 10.00. The number of aryl methyl sites for hydroxylation is 1. The number of thiophene rings is 1. The van der Waals surface area contributed by atoms with Gasteiger partial charge in [0.15, 0.2) is 0 Å². The van der Waals surface area contributed by atoms with E-state index in [4.69, 9.17) is 4.74 Å². The Morgan fingerprint density at radius 2 is 2.07 bits per heavy atom. The quantitative estimate of drug-likeness (QED) is 0.462. The van der Waals surface area contributed by atoms with Gasteiger partial charge < -0.3 is 10.1 Å². The highest BCUT2D eigenvalue weighted by Crippen LogP contribution is 2.35. The number of benzene rings is 1. The number of ether oxygens (including phenoxy) is 1. The van der Waals surface area contributed by atoms with Crippen LogP contribution in [0.1, 0.15) is 16.6 Å². The number of anilines is 1. The maximum Gasteiger partial charge on any atom is 0.350 e. The lowest BCUT2D eigenvalue weighted by Gasteiger charge is -2.05. The molecule has 0 saturated heterocycles. The molecule has 0 spiro atoms. The molecule has 8 nitrogen and oxygen atoms in total. The van der Waals surface area contributed by atoms with Gasteiger partial charge in [-0.1, -0.05) is 23.9 Å². The Balaban J connectivity index is 1.79. The summed E-state index contributed by atoms with van der Waals surface area (Å²) >= 11 is 2.34. The van der Waals surface area contributed by atoms with Crippen LogP contribution in [0.2, 0.25) is 0 Å². The van der Waals surface area contributed by atoms with Crippen LogP contribution >= 0.6 is 23.1 Å². The zero-order valence-electron chi connectivity index (χ0n) is 15.0. The van der Waals surface area contributed by atoms with Crippen molar-refractivity contribution in [1.29, 1.82) is 0 Å². The summed E-state index contributed by atoms with van der Waals surface area (Å²) in [4.78, 5) is 25.6. The van der Waals surface area contributed by atoms with E-state index in [1.165, 1.54) is 39.9 Å². The summed E-state index contributed by atoms with van der Waals surface area (Å²) in [5.74, 6) is -1.13. The molecule has 11 heteroatoms. The zero-order valence-corrected chi connectivity index (χ0v) is 16.6. The van der Waals surface area contributed by atoms with Crippen molar-refractivity contribution in [2.75, 3.05) is 17.7 Å². The van der Waals surface area contributed by atoms with Gasteiger partial charge in [-0.15, -0.1) is 16.4 Å². The summed E-state index contributed by atoms with van der Waals surface area (Å²) in [6.07, 6.45) is 0. The monoisotopic (exact) mass is 421 g/mol. The summed E-state index contributed by atoms with van der Waals surface area (Å²) in [5, 5.41) is 14.2. The van der Waals surface area contributed by atoms with E-state index < -0.39 is 5.97 Å². The van der Waals surface area contributed by atoms with E-state index in [0.29, 0.717) is 15.7 Å². The Labute approximate surface area is 168 Å². The van der Waals surface area contributed by atoms with Crippen LogP contribution in [0.3, 0.4) is 0 Å². The number of aromatic nitrogens is 4. The fourth-order valence-electron chi connectivity index (χ4n) is 2.25. The molecule has 0 saturated carbocycles. The fraction of sp³-hybridized carbons (Fsp3) is 0.235. The molecule has 0 radical (unpaired) electrons. The number of halogens is 1. The van der Waals surface area contributed by atoms with Crippen molar-refractivity contribution < 1.29 is 18.7 Å². The predicted octanol–water partition coefficient (Wildman–Crippen LogP) is 2.99. The molecule has 3 aromatic rings. The zero-order chi connectivity index (χ0) is 20.1. The Morgan fingerprint density at radius 3 is 2.71 bits per heavy atom. The SMILES string of the molecule is CCOC(=O)c1sc(-c2ccc(F)cc2)cc1NC(=O)CSc1nnnn1C. The molecule has 0 bridgehead atoms. The highest BCUT2D eigenvalue weighted by atomic mass is 32.2. The summed E-state index contributed by atoms with van der Waals surface area (Å²) in [7, 11) is 1.67. The smallest absolute Gasteiger partial charge is 0.350 e. The van der Waals surface area contributed by atoms with Crippen molar-refractivity contribution >= 4 is 40.7 Å². The molecule has 1 aromatic carbocycles. The average molecular weight is 421 g/mol. The molecule has 146 valence electrons. The molecule has 1 N–H and O–H groups in total. The van der Waals surface area contributed by atoms with Crippen LogP contribution in [0, 0.1) is 5.82 Å². The number of tetrazole rings is 1. The van der Waals surface area contributed by atoms with Crippen LogP contribution in [-0.2, 0) is 16.6 Å². The molecule has 0 atom stereocenters. The number of hydrogen-bond acceptors (Lipinski definition) is 8. The van der Waals surface area contributed by atoms with Crippen LogP contribution in [0.5, 0.6) is 0 Å². The van der Waals surface area contributed by atoms with Gasteiger partial charge >= 0.3 is 5.97 Å². The van der Waals surface area contributed by atoms with Crippen molar-refractivity contribution in [2.45, 2.75) is 12.1 Å². The molecule has 3 rings (SSSR count). The normalized spacial score (nSPS) is 10.7. The largest absolute Gasteiger partial charge is 0.462 e. The van der Waals surface area contributed by atoms with Crippen molar-refractivity contribution in [3.8, 4) is 10.4 Å². The molecule has 0 aliphatic heterocycles. The number of rotatable bonds is 7. The maximum atomic E-state index is 13.2. The Kier molecular flexibility index (Phi) is 6.37. The molecule has 2 aromatic heterocycles. The lowest BCUT2D eigenvalue weighted by atomic mass is 10.2. The van der Waals surface area contributed by atoms with Crippen molar-refractivity contribution in [3.63, 3.8) is 0 Å². The fourth-order valence-corrected chi connectivity index (χ4v) is 3.91. The van der Waals surface area contributed by atoms with Gasteiger partial charge in [-0.05, 0) is 41.1 Å². The number of nitrogens with zero attached hydrogens (tertiary/aromatic N) is 4. The second-order valence-corrected chi connectivity index (χ2v) is 7.50. The van der Waals surface area contributed by atoms with Gasteiger partial charge in [0.1, 0.15) is 10.7 Å². The second-order valence-electron chi connectivity index (χ2n) is 5.50. The average Bonchev–Trinajstić information content (AvgIpc) is 3.27. The van der Waals surface area contributed by atoms with E-state index in [1.807, 2.05) is 0 Å². The van der Waals surface area contributed by atoms with E-state index >= 15 is 0 Å². The minimum atomic E-state index is -0.527. The third-order valence-corrected chi connectivity index (χ3v) is 5.68. The first kappa shape index (κ1) is 20.0. The van der Waals surface area contributed by atoms with Crippen LogP contribution in [0.15, 0.2) is 35.5 Å².